The van der Waals surface area contributed by atoms with Crippen molar-refractivity contribution in [2.45, 2.75) is 52.9 Å². The van der Waals surface area contributed by atoms with E-state index in [0.717, 1.165) is 37.8 Å². The summed E-state index contributed by atoms with van der Waals surface area (Å²) >= 11 is 0. The van der Waals surface area contributed by atoms with Crippen LogP contribution in [0.25, 0.3) is 0 Å². The minimum atomic E-state index is 0.374. The van der Waals surface area contributed by atoms with Crippen molar-refractivity contribution >= 4 is 5.91 Å². The van der Waals surface area contributed by atoms with Crippen molar-refractivity contribution < 1.29 is 4.79 Å². The highest BCUT2D eigenvalue weighted by Gasteiger charge is 2.38. The molecule has 0 atom stereocenters. The normalized spacial score (nSPS) is 30.9. The fourth-order valence-corrected chi connectivity index (χ4v) is 3.49. The molecule has 2 aliphatic heterocycles. The van der Waals surface area contributed by atoms with Gasteiger partial charge in [-0.15, -0.1) is 0 Å². The summed E-state index contributed by atoms with van der Waals surface area (Å²) in [6.07, 6.45) is 6.25. The van der Waals surface area contributed by atoms with E-state index in [-0.39, 0.29) is 0 Å². The highest BCUT2D eigenvalue weighted by molar-refractivity contribution is 5.80. The smallest absolute Gasteiger partial charge is 0.225 e. The van der Waals surface area contributed by atoms with Crippen molar-refractivity contribution in [2.75, 3.05) is 32.7 Å². The molecule has 3 fully saturated rings. The molecule has 0 radical (unpaired) electrons. The zero-order valence-corrected chi connectivity index (χ0v) is 13.6. The highest BCUT2D eigenvalue weighted by Crippen LogP contribution is 2.37. The molecule has 1 amide bonds. The second kappa shape index (κ2) is 7.44. The topological polar surface area (TPSA) is 23.6 Å². The summed E-state index contributed by atoms with van der Waals surface area (Å²) < 4.78 is 0. The molecule has 2 heterocycles. The predicted molar refractivity (Wildman–Crippen MR) is 83.6 cm³/mol. The van der Waals surface area contributed by atoms with Crippen LogP contribution >= 0.6 is 0 Å². The summed E-state index contributed by atoms with van der Waals surface area (Å²) in [5.41, 5.74) is 0. The van der Waals surface area contributed by atoms with Crippen LogP contribution in [-0.4, -0.2) is 48.4 Å². The van der Waals surface area contributed by atoms with E-state index in [0.29, 0.717) is 11.8 Å². The van der Waals surface area contributed by atoms with Crippen LogP contribution in [0.3, 0.4) is 0 Å². The Hall–Kier alpha value is -0.570. The van der Waals surface area contributed by atoms with E-state index < -0.39 is 0 Å². The molecule has 3 rings (SSSR count). The number of likely N-dealkylation sites (tertiary alicyclic amines) is 2. The number of rotatable bonds is 3. The van der Waals surface area contributed by atoms with Gasteiger partial charge in [0, 0.05) is 25.6 Å². The molecule has 116 valence electrons. The summed E-state index contributed by atoms with van der Waals surface area (Å²) in [6.45, 7) is 12.2. The van der Waals surface area contributed by atoms with Crippen molar-refractivity contribution in [3.8, 4) is 0 Å². The summed E-state index contributed by atoms with van der Waals surface area (Å²) in [7, 11) is 0. The maximum Gasteiger partial charge on any atom is 0.225 e. The van der Waals surface area contributed by atoms with Gasteiger partial charge >= 0.3 is 0 Å². The van der Waals surface area contributed by atoms with E-state index in [9.17, 15) is 4.79 Å². The molecule has 0 unspecified atom stereocenters. The third kappa shape index (κ3) is 3.75. The van der Waals surface area contributed by atoms with Crippen LogP contribution in [0.15, 0.2) is 0 Å². The maximum absolute atomic E-state index is 12.0. The number of hydrogen-bond acceptors (Lipinski definition) is 2. The predicted octanol–water partition coefficient (Wildman–Crippen LogP) is 3.00. The number of carbonyl (C=O) groups is 1. The second-order valence-corrected chi connectivity index (χ2v) is 6.70. The average Bonchev–Trinajstić information content (AvgIpc) is 2.35. The van der Waals surface area contributed by atoms with Gasteiger partial charge in [0.1, 0.15) is 0 Å². The van der Waals surface area contributed by atoms with Crippen molar-refractivity contribution in [3.05, 3.63) is 0 Å². The third-order valence-corrected chi connectivity index (χ3v) is 5.15. The Kier molecular flexibility index (Phi) is 5.88. The lowest BCUT2D eigenvalue weighted by molar-refractivity contribution is -0.143. The molecular formula is C17H32N2O. The largest absolute Gasteiger partial charge is 0.342 e. The summed E-state index contributed by atoms with van der Waals surface area (Å²) in [6, 6.07) is 0. The number of amides is 1. The molecule has 0 spiro atoms. The quantitative estimate of drug-likeness (QED) is 0.793. The lowest BCUT2D eigenvalue weighted by Crippen LogP contribution is -2.50. The number of hydrogen-bond donors (Lipinski definition) is 0. The van der Waals surface area contributed by atoms with Crippen molar-refractivity contribution in [2.24, 2.45) is 17.8 Å². The number of carbonyl (C=O) groups excluding carboxylic acids is 1. The van der Waals surface area contributed by atoms with Crippen LogP contribution < -0.4 is 0 Å². The van der Waals surface area contributed by atoms with Gasteiger partial charge in [0.2, 0.25) is 5.91 Å². The first-order valence-corrected chi connectivity index (χ1v) is 8.73. The van der Waals surface area contributed by atoms with Gasteiger partial charge in [0.15, 0.2) is 0 Å². The highest BCUT2D eigenvalue weighted by atomic mass is 16.2. The minimum Gasteiger partial charge on any atom is -0.342 e. The lowest BCUT2D eigenvalue weighted by Gasteiger charge is -2.43. The lowest BCUT2D eigenvalue weighted by atomic mass is 9.73. The molecule has 3 heteroatoms. The van der Waals surface area contributed by atoms with E-state index in [1.807, 2.05) is 18.7 Å². The van der Waals surface area contributed by atoms with E-state index in [1.54, 1.807) is 0 Å². The summed E-state index contributed by atoms with van der Waals surface area (Å²) in [5, 5.41) is 0. The maximum atomic E-state index is 12.0. The molecule has 0 N–H and O–H groups in total. The minimum absolute atomic E-state index is 0.374. The van der Waals surface area contributed by atoms with Gasteiger partial charge in [0.25, 0.3) is 0 Å². The molecular weight excluding hydrogens is 248 g/mol. The van der Waals surface area contributed by atoms with E-state index >= 15 is 0 Å². The Morgan fingerprint density at radius 1 is 1.05 bits per heavy atom. The summed E-state index contributed by atoms with van der Waals surface area (Å²) in [5.74, 6) is 2.54. The van der Waals surface area contributed by atoms with Gasteiger partial charge in [-0.2, -0.15) is 0 Å². The fraction of sp³-hybridized carbons (Fsp3) is 0.941. The third-order valence-electron chi connectivity index (χ3n) is 5.15. The van der Waals surface area contributed by atoms with Gasteiger partial charge in [-0.3, -0.25) is 4.79 Å². The Balaban J connectivity index is 0.000000704. The Morgan fingerprint density at radius 3 is 2.15 bits per heavy atom. The molecule has 3 nitrogen and oxygen atoms in total. The molecule has 0 aromatic heterocycles. The molecule has 0 aromatic rings. The van der Waals surface area contributed by atoms with E-state index in [2.05, 4.69) is 11.8 Å². The average molecular weight is 280 g/mol. The first kappa shape index (κ1) is 15.8. The zero-order valence-electron chi connectivity index (χ0n) is 13.6. The zero-order chi connectivity index (χ0) is 14.5. The van der Waals surface area contributed by atoms with Crippen molar-refractivity contribution in [3.63, 3.8) is 0 Å². The SMILES string of the molecule is CC.CC1CCN(CC2CC(C(=O)N3CCC3)C2)CC1. The van der Waals surface area contributed by atoms with Gasteiger partial charge in [-0.25, -0.2) is 0 Å². The van der Waals surface area contributed by atoms with Gasteiger partial charge < -0.3 is 9.80 Å². The first-order valence-electron chi connectivity index (χ1n) is 8.73. The van der Waals surface area contributed by atoms with E-state index in [4.69, 9.17) is 0 Å². The van der Waals surface area contributed by atoms with E-state index in [1.165, 1.54) is 38.9 Å². The Morgan fingerprint density at radius 2 is 1.65 bits per heavy atom. The standard InChI is InChI=1S/C15H26N2O.C2H6/c1-12-3-7-16(8-4-12)11-13-9-14(10-13)15(18)17-5-2-6-17;1-2/h12-14H,2-11H2,1H3;1-2H3. The molecule has 0 aromatic carbocycles. The Labute approximate surface area is 124 Å². The van der Waals surface area contributed by atoms with Crippen LogP contribution in [-0.2, 0) is 4.79 Å². The second-order valence-electron chi connectivity index (χ2n) is 6.70. The molecule has 3 aliphatic rings. The first-order chi connectivity index (χ1) is 9.72. The van der Waals surface area contributed by atoms with Gasteiger partial charge in [0.05, 0.1) is 0 Å². The summed E-state index contributed by atoms with van der Waals surface area (Å²) in [4.78, 5) is 16.7. The molecule has 1 saturated carbocycles. The van der Waals surface area contributed by atoms with Crippen LogP contribution in [0.4, 0.5) is 0 Å². The Bertz CT molecular complexity index is 300. The van der Waals surface area contributed by atoms with Crippen LogP contribution in [0.5, 0.6) is 0 Å². The van der Waals surface area contributed by atoms with Crippen molar-refractivity contribution in [1.82, 2.24) is 9.80 Å². The molecule has 20 heavy (non-hydrogen) atoms. The molecule has 2 saturated heterocycles. The monoisotopic (exact) mass is 280 g/mol. The molecule has 1 aliphatic carbocycles. The number of piperidine rings is 1. The van der Waals surface area contributed by atoms with Crippen LogP contribution in [0.2, 0.25) is 0 Å². The van der Waals surface area contributed by atoms with Gasteiger partial charge in [-0.05, 0) is 57.0 Å². The fourth-order valence-electron chi connectivity index (χ4n) is 3.49. The number of nitrogens with zero attached hydrogens (tertiary/aromatic N) is 2. The van der Waals surface area contributed by atoms with Crippen molar-refractivity contribution in [1.29, 1.82) is 0 Å². The molecule has 0 bridgehead atoms. The van der Waals surface area contributed by atoms with Crippen LogP contribution in [0, 0.1) is 17.8 Å². The van der Waals surface area contributed by atoms with Crippen LogP contribution in [0.1, 0.15) is 52.9 Å². The van der Waals surface area contributed by atoms with Gasteiger partial charge in [-0.1, -0.05) is 20.8 Å².